The predicted molar refractivity (Wildman–Crippen MR) is 48.5 cm³/mol. The molecule has 2 unspecified atom stereocenters. The monoisotopic (exact) mass is 152 g/mol. The Labute approximate surface area is 70.4 Å². The zero-order valence-electron chi connectivity index (χ0n) is 8.11. The lowest BCUT2D eigenvalue weighted by Gasteiger charge is -2.35. The summed E-state index contributed by atoms with van der Waals surface area (Å²) in [5.74, 6) is 1.11. The molecule has 0 amide bonds. The fraction of sp³-hybridized carbons (Fsp3) is 1.00. The van der Waals surface area contributed by atoms with Crippen LogP contribution in [-0.4, -0.2) is 0 Å². The molecule has 0 heteroatoms. The molecule has 2 atom stereocenters. The highest BCUT2D eigenvalue weighted by atomic mass is 14.6. The molecule has 0 saturated heterocycles. The van der Waals surface area contributed by atoms with E-state index in [1.165, 1.54) is 32.1 Å². The third kappa shape index (κ3) is 0.947. The standard InChI is InChI=1S/C11H20/c1-10(2,3)11-7-5-4-6-9(11)8-11/h9H,4-8H2,1-3H3. The van der Waals surface area contributed by atoms with Crippen molar-refractivity contribution in [3.05, 3.63) is 0 Å². The minimum atomic E-state index is 0.581. The zero-order valence-corrected chi connectivity index (χ0v) is 8.11. The molecule has 0 spiro atoms. The van der Waals surface area contributed by atoms with Crippen LogP contribution in [0.5, 0.6) is 0 Å². The summed E-state index contributed by atoms with van der Waals surface area (Å²) in [6.45, 7) is 7.29. The minimum Gasteiger partial charge on any atom is -0.0596 e. The second-order valence-corrected chi connectivity index (χ2v) is 5.55. The van der Waals surface area contributed by atoms with Crippen molar-refractivity contribution >= 4 is 0 Å². The first-order chi connectivity index (χ1) is 5.06. The topological polar surface area (TPSA) is 0 Å². The average Bonchev–Trinajstić information content (AvgIpc) is 2.59. The molecule has 64 valence electrons. The molecule has 2 aliphatic carbocycles. The lowest BCUT2D eigenvalue weighted by atomic mass is 9.70. The van der Waals surface area contributed by atoms with Gasteiger partial charge in [-0.3, -0.25) is 0 Å². The van der Waals surface area contributed by atoms with Crippen LogP contribution < -0.4 is 0 Å². The number of hydrogen-bond donors (Lipinski definition) is 0. The molecule has 0 aliphatic heterocycles. The molecular formula is C11H20. The van der Waals surface area contributed by atoms with Gasteiger partial charge >= 0.3 is 0 Å². The molecule has 0 aromatic rings. The Hall–Kier alpha value is 0. The second kappa shape index (κ2) is 2.02. The highest BCUT2D eigenvalue weighted by Crippen LogP contribution is 2.69. The van der Waals surface area contributed by atoms with Crippen LogP contribution in [0.15, 0.2) is 0 Å². The van der Waals surface area contributed by atoms with Gasteiger partial charge in [0.15, 0.2) is 0 Å². The molecule has 0 radical (unpaired) electrons. The Morgan fingerprint density at radius 1 is 1.18 bits per heavy atom. The third-order valence-electron chi connectivity index (χ3n) is 4.15. The van der Waals surface area contributed by atoms with E-state index in [-0.39, 0.29) is 0 Å². The van der Waals surface area contributed by atoms with Crippen molar-refractivity contribution in [2.45, 2.75) is 52.9 Å². The van der Waals surface area contributed by atoms with Crippen LogP contribution in [-0.2, 0) is 0 Å². The second-order valence-electron chi connectivity index (χ2n) is 5.55. The van der Waals surface area contributed by atoms with Gasteiger partial charge in [-0.15, -0.1) is 0 Å². The predicted octanol–water partition coefficient (Wildman–Crippen LogP) is 3.61. The van der Waals surface area contributed by atoms with Gasteiger partial charge in [-0.25, -0.2) is 0 Å². The van der Waals surface area contributed by atoms with Gasteiger partial charge in [-0.05, 0) is 36.0 Å². The van der Waals surface area contributed by atoms with E-state index < -0.39 is 0 Å². The van der Waals surface area contributed by atoms with Gasteiger partial charge in [0, 0.05) is 0 Å². The average molecular weight is 152 g/mol. The molecule has 0 heterocycles. The van der Waals surface area contributed by atoms with Crippen molar-refractivity contribution in [1.29, 1.82) is 0 Å². The van der Waals surface area contributed by atoms with Crippen LogP contribution in [0.3, 0.4) is 0 Å². The van der Waals surface area contributed by atoms with Gasteiger partial charge in [0.05, 0.1) is 0 Å². The molecule has 0 bridgehead atoms. The fourth-order valence-corrected chi connectivity index (χ4v) is 3.19. The van der Waals surface area contributed by atoms with Gasteiger partial charge < -0.3 is 0 Å². The SMILES string of the molecule is CC(C)(C)C12CCCCC1C2. The summed E-state index contributed by atoms with van der Waals surface area (Å²) >= 11 is 0. The third-order valence-corrected chi connectivity index (χ3v) is 4.15. The molecule has 0 aromatic carbocycles. The van der Waals surface area contributed by atoms with Gasteiger partial charge in [0.2, 0.25) is 0 Å². The summed E-state index contributed by atoms with van der Waals surface area (Å²) in [6.07, 6.45) is 7.57. The highest BCUT2D eigenvalue weighted by molar-refractivity contribution is 5.09. The molecule has 0 aromatic heterocycles. The maximum atomic E-state index is 2.43. The van der Waals surface area contributed by atoms with Crippen molar-refractivity contribution in [3.8, 4) is 0 Å². The smallest absolute Gasteiger partial charge is 0.0218 e. The van der Waals surface area contributed by atoms with E-state index in [0.29, 0.717) is 5.41 Å². The molecule has 0 N–H and O–H groups in total. The minimum absolute atomic E-state index is 0.581. The summed E-state index contributed by atoms with van der Waals surface area (Å²) < 4.78 is 0. The molecule has 2 aliphatic rings. The summed E-state index contributed by atoms with van der Waals surface area (Å²) in [5, 5.41) is 0. The van der Waals surface area contributed by atoms with E-state index >= 15 is 0 Å². The highest BCUT2D eigenvalue weighted by Gasteiger charge is 2.60. The van der Waals surface area contributed by atoms with Gasteiger partial charge in [-0.2, -0.15) is 0 Å². The van der Waals surface area contributed by atoms with E-state index in [1.54, 1.807) is 0 Å². The Morgan fingerprint density at radius 2 is 1.91 bits per heavy atom. The Morgan fingerprint density at radius 3 is 2.36 bits per heavy atom. The molecule has 2 fully saturated rings. The first kappa shape index (κ1) is 7.64. The number of rotatable bonds is 0. The van der Waals surface area contributed by atoms with Crippen LogP contribution in [0.4, 0.5) is 0 Å². The van der Waals surface area contributed by atoms with Crippen molar-refractivity contribution in [2.24, 2.45) is 16.7 Å². The molecular weight excluding hydrogens is 132 g/mol. The van der Waals surface area contributed by atoms with Crippen LogP contribution in [0, 0.1) is 16.7 Å². The van der Waals surface area contributed by atoms with E-state index in [1.807, 2.05) is 0 Å². The zero-order chi connectivity index (χ0) is 8.11. The summed E-state index contributed by atoms with van der Waals surface area (Å²) in [5.41, 5.74) is 1.36. The van der Waals surface area contributed by atoms with Crippen LogP contribution in [0.2, 0.25) is 0 Å². The summed E-state index contributed by atoms with van der Waals surface area (Å²) in [4.78, 5) is 0. The number of hydrogen-bond acceptors (Lipinski definition) is 0. The molecule has 2 rings (SSSR count). The molecule has 2 saturated carbocycles. The fourth-order valence-electron chi connectivity index (χ4n) is 3.19. The normalized spacial score (nSPS) is 43.4. The van der Waals surface area contributed by atoms with Gasteiger partial charge in [0.1, 0.15) is 0 Å². The van der Waals surface area contributed by atoms with Crippen molar-refractivity contribution in [2.75, 3.05) is 0 Å². The van der Waals surface area contributed by atoms with Crippen molar-refractivity contribution in [1.82, 2.24) is 0 Å². The summed E-state index contributed by atoms with van der Waals surface area (Å²) in [6, 6.07) is 0. The maximum Gasteiger partial charge on any atom is -0.0218 e. The van der Waals surface area contributed by atoms with Crippen LogP contribution in [0.25, 0.3) is 0 Å². The van der Waals surface area contributed by atoms with E-state index in [2.05, 4.69) is 20.8 Å². The Balaban J connectivity index is 2.13. The largest absolute Gasteiger partial charge is 0.0596 e. The Bertz CT molecular complexity index is 163. The van der Waals surface area contributed by atoms with Gasteiger partial charge in [-0.1, -0.05) is 33.6 Å². The van der Waals surface area contributed by atoms with Crippen molar-refractivity contribution in [3.63, 3.8) is 0 Å². The van der Waals surface area contributed by atoms with Crippen LogP contribution >= 0.6 is 0 Å². The number of fused-ring (bicyclic) bond motifs is 1. The maximum absolute atomic E-state index is 2.43. The van der Waals surface area contributed by atoms with E-state index in [4.69, 9.17) is 0 Å². The van der Waals surface area contributed by atoms with Crippen LogP contribution in [0.1, 0.15) is 52.9 Å². The quantitative estimate of drug-likeness (QED) is 0.497. The molecule has 11 heavy (non-hydrogen) atoms. The van der Waals surface area contributed by atoms with E-state index in [9.17, 15) is 0 Å². The first-order valence-electron chi connectivity index (χ1n) is 5.06. The van der Waals surface area contributed by atoms with Gasteiger partial charge in [0.25, 0.3) is 0 Å². The lowest BCUT2D eigenvalue weighted by molar-refractivity contribution is 0.151. The van der Waals surface area contributed by atoms with Crippen molar-refractivity contribution < 1.29 is 0 Å². The first-order valence-corrected chi connectivity index (χ1v) is 5.06. The Kier molecular flexibility index (Phi) is 1.41. The van der Waals surface area contributed by atoms with E-state index in [0.717, 1.165) is 11.3 Å². The lowest BCUT2D eigenvalue weighted by Crippen LogP contribution is -2.26. The molecule has 0 nitrogen and oxygen atoms in total. The summed E-state index contributed by atoms with van der Waals surface area (Å²) in [7, 11) is 0.